The van der Waals surface area contributed by atoms with Crippen molar-refractivity contribution in [2.24, 2.45) is 5.92 Å². The summed E-state index contributed by atoms with van der Waals surface area (Å²) >= 11 is 0. The van der Waals surface area contributed by atoms with Crippen molar-refractivity contribution in [1.29, 1.82) is 0 Å². The molecule has 0 spiro atoms. The number of carbonyl (C=O) groups is 2. The second-order valence-corrected chi connectivity index (χ2v) is 6.70. The maximum atomic E-state index is 13.0. The van der Waals surface area contributed by atoms with Gasteiger partial charge in [0.15, 0.2) is 5.76 Å². The summed E-state index contributed by atoms with van der Waals surface area (Å²) in [7, 11) is 0. The highest BCUT2D eigenvalue weighted by atomic mass is 16.3. The maximum Gasteiger partial charge on any atom is 0.287 e. The van der Waals surface area contributed by atoms with Crippen molar-refractivity contribution < 1.29 is 14.0 Å². The summed E-state index contributed by atoms with van der Waals surface area (Å²) in [6.07, 6.45) is 3.94. The minimum absolute atomic E-state index is 0.0179. The Morgan fingerprint density at radius 1 is 1.16 bits per heavy atom. The molecule has 3 rings (SSSR count). The highest BCUT2D eigenvalue weighted by Crippen LogP contribution is 2.18. The normalized spacial score (nSPS) is 16.4. The average Bonchev–Trinajstić information content (AvgIpc) is 3.17. The molecule has 5 nitrogen and oxygen atoms in total. The standard InChI is InChI=1S/C20H24N2O3/c1-15-9-11-22(12-10-15)20(24)17(14-16-6-3-2-4-7-16)21-19(23)18-8-5-13-25-18/h2-8,13,15,17H,9-12,14H2,1H3,(H,21,23)/t17-/m0/s1. The zero-order valence-electron chi connectivity index (χ0n) is 14.5. The van der Waals surface area contributed by atoms with Crippen LogP contribution in [0.25, 0.3) is 0 Å². The first kappa shape index (κ1) is 17.3. The Morgan fingerprint density at radius 2 is 1.88 bits per heavy atom. The summed E-state index contributed by atoms with van der Waals surface area (Å²) in [5, 5.41) is 2.85. The number of hydrogen-bond donors (Lipinski definition) is 1. The van der Waals surface area contributed by atoms with Gasteiger partial charge in [-0.05, 0) is 36.5 Å². The van der Waals surface area contributed by atoms with Gasteiger partial charge in [0, 0.05) is 19.5 Å². The van der Waals surface area contributed by atoms with Gasteiger partial charge in [-0.15, -0.1) is 0 Å². The Morgan fingerprint density at radius 3 is 2.52 bits per heavy atom. The van der Waals surface area contributed by atoms with Gasteiger partial charge in [-0.3, -0.25) is 9.59 Å². The first-order valence-corrected chi connectivity index (χ1v) is 8.80. The molecule has 1 aromatic carbocycles. The number of nitrogens with one attached hydrogen (secondary N) is 1. The molecule has 1 aromatic heterocycles. The zero-order chi connectivity index (χ0) is 17.6. The SMILES string of the molecule is CC1CCN(C(=O)[C@H](Cc2ccccc2)NC(=O)c2ccco2)CC1. The molecule has 0 aliphatic carbocycles. The fourth-order valence-corrected chi connectivity index (χ4v) is 3.14. The summed E-state index contributed by atoms with van der Waals surface area (Å²) in [6, 6.07) is 12.4. The molecule has 2 heterocycles. The number of hydrogen-bond acceptors (Lipinski definition) is 3. The zero-order valence-corrected chi connectivity index (χ0v) is 14.5. The van der Waals surface area contributed by atoms with Gasteiger partial charge >= 0.3 is 0 Å². The van der Waals surface area contributed by atoms with Gasteiger partial charge in [0.2, 0.25) is 5.91 Å². The topological polar surface area (TPSA) is 62.6 Å². The van der Waals surface area contributed by atoms with Crippen molar-refractivity contribution in [3.05, 3.63) is 60.1 Å². The summed E-state index contributed by atoms with van der Waals surface area (Å²) in [4.78, 5) is 27.2. The van der Waals surface area contributed by atoms with Crippen LogP contribution in [0.15, 0.2) is 53.1 Å². The van der Waals surface area contributed by atoms with Crippen LogP contribution in [0.4, 0.5) is 0 Å². The number of carbonyl (C=O) groups excluding carboxylic acids is 2. The van der Waals surface area contributed by atoms with E-state index in [-0.39, 0.29) is 17.6 Å². The first-order chi connectivity index (χ1) is 12.1. The number of nitrogens with zero attached hydrogens (tertiary/aromatic N) is 1. The van der Waals surface area contributed by atoms with Gasteiger partial charge in [-0.2, -0.15) is 0 Å². The monoisotopic (exact) mass is 340 g/mol. The lowest BCUT2D eigenvalue weighted by Crippen LogP contribution is -2.51. The summed E-state index contributed by atoms with van der Waals surface area (Å²) in [5.41, 5.74) is 1.02. The lowest BCUT2D eigenvalue weighted by atomic mass is 9.97. The third-order valence-corrected chi connectivity index (χ3v) is 4.73. The Bertz CT molecular complexity index is 689. The van der Waals surface area contributed by atoms with Crippen molar-refractivity contribution in [2.75, 3.05) is 13.1 Å². The van der Waals surface area contributed by atoms with Gasteiger partial charge in [0.1, 0.15) is 6.04 Å². The van der Waals surface area contributed by atoms with Crippen LogP contribution in [0.2, 0.25) is 0 Å². The molecule has 1 atom stereocenters. The number of amides is 2. The van der Waals surface area contributed by atoms with Crippen molar-refractivity contribution >= 4 is 11.8 Å². The lowest BCUT2D eigenvalue weighted by molar-refractivity contribution is -0.134. The van der Waals surface area contributed by atoms with E-state index in [1.165, 1.54) is 6.26 Å². The van der Waals surface area contributed by atoms with E-state index in [0.717, 1.165) is 31.5 Å². The number of piperidine rings is 1. The fraction of sp³-hybridized carbons (Fsp3) is 0.400. The predicted octanol–water partition coefficient (Wildman–Crippen LogP) is 2.88. The van der Waals surface area contributed by atoms with Crippen LogP contribution in [-0.2, 0) is 11.2 Å². The van der Waals surface area contributed by atoms with Gasteiger partial charge in [-0.1, -0.05) is 37.3 Å². The quantitative estimate of drug-likeness (QED) is 0.910. The maximum absolute atomic E-state index is 13.0. The van der Waals surface area contributed by atoms with E-state index in [4.69, 9.17) is 4.42 Å². The average molecular weight is 340 g/mol. The molecule has 1 aliphatic heterocycles. The van der Waals surface area contributed by atoms with Crippen LogP contribution >= 0.6 is 0 Å². The summed E-state index contributed by atoms with van der Waals surface area (Å²) in [5.74, 6) is 0.493. The number of likely N-dealkylation sites (tertiary alicyclic amines) is 1. The molecule has 1 aliphatic rings. The van der Waals surface area contributed by atoms with Crippen LogP contribution in [0.1, 0.15) is 35.9 Å². The Kier molecular flexibility index (Phi) is 5.53. The molecular weight excluding hydrogens is 316 g/mol. The number of furan rings is 1. The van der Waals surface area contributed by atoms with E-state index in [0.29, 0.717) is 12.3 Å². The summed E-state index contributed by atoms with van der Waals surface area (Å²) < 4.78 is 5.15. The fourth-order valence-electron chi connectivity index (χ4n) is 3.14. The molecular formula is C20H24N2O3. The summed E-state index contributed by atoms with van der Waals surface area (Å²) in [6.45, 7) is 3.71. The Labute approximate surface area is 148 Å². The molecule has 0 saturated carbocycles. The highest BCUT2D eigenvalue weighted by Gasteiger charge is 2.29. The molecule has 0 radical (unpaired) electrons. The minimum atomic E-state index is -0.589. The minimum Gasteiger partial charge on any atom is -0.459 e. The van der Waals surface area contributed by atoms with Crippen molar-refractivity contribution in [3.8, 4) is 0 Å². The predicted molar refractivity (Wildman–Crippen MR) is 95.1 cm³/mol. The molecule has 0 bridgehead atoms. The molecule has 1 saturated heterocycles. The van der Waals surface area contributed by atoms with E-state index in [1.807, 2.05) is 35.2 Å². The van der Waals surface area contributed by atoms with E-state index in [1.54, 1.807) is 12.1 Å². The van der Waals surface area contributed by atoms with E-state index < -0.39 is 6.04 Å². The molecule has 1 N–H and O–H groups in total. The Hall–Kier alpha value is -2.56. The molecule has 2 aromatic rings. The van der Waals surface area contributed by atoms with Crippen molar-refractivity contribution in [1.82, 2.24) is 10.2 Å². The van der Waals surface area contributed by atoms with Crippen LogP contribution in [-0.4, -0.2) is 35.8 Å². The first-order valence-electron chi connectivity index (χ1n) is 8.80. The molecule has 2 amide bonds. The molecule has 5 heteroatoms. The lowest BCUT2D eigenvalue weighted by Gasteiger charge is -2.33. The second-order valence-electron chi connectivity index (χ2n) is 6.70. The second kappa shape index (κ2) is 8.01. The molecule has 1 fully saturated rings. The number of rotatable bonds is 5. The van der Waals surface area contributed by atoms with E-state index >= 15 is 0 Å². The van der Waals surface area contributed by atoms with E-state index in [9.17, 15) is 9.59 Å². The Balaban J connectivity index is 1.73. The van der Waals surface area contributed by atoms with Gasteiger partial charge in [0.25, 0.3) is 5.91 Å². The van der Waals surface area contributed by atoms with Gasteiger partial charge in [-0.25, -0.2) is 0 Å². The third kappa shape index (κ3) is 4.50. The van der Waals surface area contributed by atoms with E-state index in [2.05, 4.69) is 12.2 Å². The smallest absolute Gasteiger partial charge is 0.287 e. The largest absolute Gasteiger partial charge is 0.459 e. The molecule has 25 heavy (non-hydrogen) atoms. The van der Waals surface area contributed by atoms with Crippen molar-refractivity contribution in [2.45, 2.75) is 32.2 Å². The van der Waals surface area contributed by atoms with Crippen LogP contribution in [0.5, 0.6) is 0 Å². The van der Waals surface area contributed by atoms with Gasteiger partial charge in [0.05, 0.1) is 6.26 Å². The third-order valence-electron chi connectivity index (χ3n) is 4.73. The van der Waals surface area contributed by atoms with Crippen molar-refractivity contribution in [3.63, 3.8) is 0 Å². The number of benzene rings is 1. The molecule has 132 valence electrons. The van der Waals surface area contributed by atoms with Crippen LogP contribution < -0.4 is 5.32 Å². The van der Waals surface area contributed by atoms with Gasteiger partial charge < -0.3 is 14.6 Å². The van der Waals surface area contributed by atoms with Crippen LogP contribution in [0, 0.1) is 5.92 Å². The highest BCUT2D eigenvalue weighted by molar-refractivity contribution is 5.95. The van der Waals surface area contributed by atoms with Crippen LogP contribution in [0.3, 0.4) is 0 Å². The molecule has 0 unspecified atom stereocenters.